The number of carbonyl (C=O) groups excluding carboxylic acids is 1. The number of nitrogens with one attached hydrogen (secondary N) is 1. The topological polar surface area (TPSA) is 88.1 Å². The van der Waals surface area contributed by atoms with Gasteiger partial charge in [-0.2, -0.15) is 5.26 Å². The lowest BCUT2D eigenvalue weighted by molar-refractivity contribution is 0.0955. The average molecular weight is 219 g/mol. The van der Waals surface area contributed by atoms with Crippen LogP contribution in [-0.4, -0.2) is 19.6 Å². The van der Waals surface area contributed by atoms with Gasteiger partial charge in [-0.25, -0.2) is 0 Å². The van der Waals surface area contributed by atoms with Crippen LogP contribution in [0.5, 0.6) is 5.75 Å². The van der Waals surface area contributed by atoms with Gasteiger partial charge in [0.05, 0.1) is 25.2 Å². The molecule has 1 aromatic carbocycles. The number of rotatable bonds is 4. The van der Waals surface area contributed by atoms with Gasteiger partial charge in [0.15, 0.2) is 0 Å². The van der Waals surface area contributed by atoms with E-state index in [4.69, 9.17) is 15.7 Å². The largest absolute Gasteiger partial charge is 0.497 e. The highest BCUT2D eigenvalue weighted by atomic mass is 16.5. The van der Waals surface area contributed by atoms with Crippen LogP contribution in [-0.2, 0) is 0 Å². The van der Waals surface area contributed by atoms with Crippen LogP contribution in [0.1, 0.15) is 16.8 Å². The highest BCUT2D eigenvalue weighted by molar-refractivity contribution is 5.99. The number of benzene rings is 1. The van der Waals surface area contributed by atoms with Crippen molar-refractivity contribution in [2.75, 3.05) is 19.4 Å². The number of nitriles is 1. The lowest BCUT2D eigenvalue weighted by Gasteiger charge is -2.07. The average Bonchev–Trinajstić information content (AvgIpc) is 2.30. The molecule has 0 aliphatic heterocycles. The van der Waals surface area contributed by atoms with Crippen molar-refractivity contribution in [1.29, 1.82) is 5.26 Å². The summed E-state index contributed by atoms with van der Waals surface area (Å²) in [4.78, 5) is 11.7. The number of amides is 1. The Hall–Kier alpha value is -2.22. The van der Waals surface area contributed by atoms with Crippen molar-refractivity contribution in [2.24, 2.45) is 0 Å². The summed E-state index contributed by atoms with van der Waals surface area (Å²) in [5.74, 6) is 0.270. The Labute approximate surface area is 93.8 Å². The van der Waals surface area contributed by atoms with E-state index in [1.807, 2.05) is 6.07 Å². The van der Waals surface area contributed by atoms with E-state index in [1.165, 1.54) is 7.11 Å². The molecule has 0 heterocycles. The SMILES string of the molecule is COc1ccc(N)c(C(=O)NCCC#N)c1. The summed E-state index contributed by atoms with van der Waals surface area (Å²) in [5, 5.41) is 10.9. The number of anilines is 1. The normalized spacial score (nSPS) is 9.25. The Morgan fingerprint density at radius 1 is 1.62 bits per heavy atom. The van der Waals surface area contributed by atoms with Gasteiger partial charge in [-0.1, -0.05) is 0 Å². The summed E-state index contributed by atoms with van der Waals surface area (Å²) in [6, 6.07) is 6.80. The van der Waals surface area contributed by atoms with Crippen molar-refractivity contribution >= 4 is 11.6 Å². The first-order valence-corrected chi connectivity index (χ1v) is 4.77. The first kappa shape index (κ1) is 11.9. The van der Waals surface area contributed by atoms with Gasteiger partial charge in [0.2, 0.25) is 0 Å². The fraction of sp³-hybridized carbons (Fsp3) is 0.273. The van der Waals surface area contributed by atoms with E-state index in [0.29, 0.717) is 23.5 Å². The minimum atomic E-state index is -0.299. The Kier molecular flexibility index (Phi) is 4.16. The van der Waals surface area contributed by atoms with Gasteiger partial charge in [0.25, 0.3) is 5.91 Å². The molecule has 0 atom stereocenters. The van der Waals surface area contributed by atoms with Crippen molar-refractivity contribution in [1.82, 2.24) is 5.32 Å². The van der Waals surface area contributed by atoms with Crippen LogP contribution in [0.2, 0.25) is 0 Å². The van der Waals surface area contributed by atoms with Crippen LogP contribution in [0.25, 0.3) is 0 Å². The number of carbonyl (C=O) groups is 1. The second-order valence-corrected chi connectivity index (χ2v) is 3.12. The molecular formula is C11H13N3O2. The van der Waals surface area contributed by atoms with E-state index >= 15 is 0 Å². The van der Waals surface area contributed by atoms with E-state index in [9.17, 15) is 4.79 Å². The van der Waals surface area contributed by atoms with Crippen molar-refractivity contribution in [2.45, 2.75) is 6.42 Å². The van der Waals surface area contributed by atoms with Crippen LogP contribution < -0.4 is 15.8 Å². The summed E-state index contributed by atoms with van der Waals surface area (Å²) in [6.07, 6.45) is 0.273. The Bertz CT molecular complexity index is 424. The van der Waals surface area contributed by atoms with E-state index in [2.05, 4.69) is 5.32 Å². The molecule has 0 radical (unpaired) electrons. The molecule has 0 aliphatic carbocycles. The maximum absolute atomic E-state index is 11.7. The standard InChI is InChI=1S/C11H13N3O2/c1-16-8-3-4-10(13)9(7-8)11(15)14-6-2-5-12/h3-4,7H,2,6,13H2,1H3,(H,14,15). The Balaban J connectivity index is 2.78. The number of nitrogens with two attached hydrogens (primary N) is 1. The zero-order valence-electron chi connectivity index (χ0n) is 8.99. The molecule has 84 valence electrons. The quantitative estimate of drug-likeness (QED) is 0.582. The smallest absolute Gasteiger partial charge is 0.253 e. The highest BCUT2D eigenvalue weighted by Gasteiger charge is 2.10. The third kappa shape index (κ3) is 2.89. The fourth-order valence-electron chi connectivity index (χ4n) is 1.19. The first-order valence-electron chi connectivity index (χ1n) is 4.77. The van der Waals surface area contributed by atoms with Crippen molar-refractivity contribution in [3.8, 4) is 11.8 Å². The number of hydrogen-bond acceptors (Lipinski definition) is 4. The van der Waals surface area contributed by atoms with Crippen molar-refractivity contribution in [3.63, 3.8) is 0 Å². The Morgan fingerprint density at radius 3 is 3.00 bits per heavy atom. The second kappa shape index (κ2) is 5.61. The van der Waals surface area contributed by atoms with Crippen LogP contribution in [0.3, 0.4) is 0 Å². The lowest BCUT2D eigenvalue weighted by Crippen LogP contribution is -2.25. The number of methoxy groups -OCH3 is 1. The summed E-state index contributed by atoms with van der Waals surface area (Å²) in [7, 11) is 1.52. The molecule has 0 saturated heterocycles. The molecule has 0 fully saturated rings. The van der Waals surface area contributed by atoms with Gasteiger partial charge in [-0.3, -0.25) is 4.79 Å². The van der Waals surface area contributed by atoms with Crippen LogP contribution >= 0.6 is 0 Å². The number of nitrogen functional groups attached to an aromatic ring is 1. The first-order chi connectivity index (χ1) is 7.69. The molecule has 1 amide bonds. The number of nitrogens with zero attached hydrogens (tertiary/aromatic N) is 1. The summed E-state index contributed by atoms with van der Waals surface area (Å²) >= 11 is 0. The second-order valence-electron chi connectivity index (χ2n) is 3.12. The molecule has 1 rings (SSSR count). The van der Waals surface area contributed by atoms with Gasteiger partial charge in [0, 0.05) is 12.2 Å². The zero-order chi connectivity index (χ0) is 12.0. The molecule has 0 saturated carbocycles. The molecule has 1 aromatic rings. The monoisotopic (exact) mass is 219 g/mol. The molecule has 5 heteroatoms. The summed E-state index contributed by atoms with van der Waals surface area (Å²) in [5.41, 5.74) is 6.41. The minimum Gasteiger partial charge on any atom is -0.497 e. The molecule has 5 nitrogen and oxygen atoms in total. The zero-order valence-corrected chi connectivity index (χ0v) is 8.99. The van der Waals surface area contributed by atoms with Crippen molar-refractivity contribution in [3.05, 3.63) is 23.8 Å². The molecule has 16 heavy (non-hydrogen) atoms. The maximum atomic E-state index is 11.7. The minimum absolute atomic E-state index is 0.273. The third-order valence-corrected chi connectivity index (χ3v) is 2.03. The van der Waals surface area contributed by atoms with Gasteiger partial charge in [0.1, 0.15) is 5.75 Å². The van der Waals surface area contributed by atoms with Crippen molar-refractivity contribution < 1.29 is 9.53 Å². The third-order valence-electron chi connectivity index (χ3n) is 2.03. The van der Waals surface area contributed by atoms with E-state index in [0.717, 1.165) is 0 Å². The number of ether oxygens (including phenoxy) is 1. The highest BCUT2D eigenvalue weighted by Crippen LogP contribution is 2.19. The molecule has 3 N–H and O–H groups in total. The molecule has 0 bridgehead atoms. The number of hydrogen-bond donors (Lipinski definition) is 2. The van der Waals surface area contributed by atoms with Crippen LogP contribution in [0, 0.1) is 11.3 Å². The predicted octanol–water partition coefficient (Wildman–Crippen LogP) is 0.921. The van der Waals surface area contributed by atoms with Crippen LogP contribution in [0.15, 0.2) is 18.2 Å². The summed E-state index contributed by atoms with van der Waals surface area (Å²) in [6.45, 7) is 0.311. The predicted molar refractivity (Wildman–Crippen MR) is 60.0 cm³/mol. The van der Waals surface area contributed by atoms with E-state index in [-0.39, 0.29) is 12.3 Å². The fourth-order valence-corrected chi connectivity index (χ4v) is 1.19. The maximum Gasteiger partial charge on any atom is 0.253 e. The van der Waals surface area contributed by atoms with Crippen LogP contribution in [0.4, 0.5) is 5.69 Å². The van der Waals surface area contributed by atoms with E-state index in [1.54, 1.807) is 18.2 Å². The van der Waals surface area contributed by atoms with E-state index < -0.39 is 0 Å². The Morgan fingerprint density at radius 2 is 2.38 bits per heavy atom. The molecule has 0 spiro atoms. The van der Waals surface area contributed by atoms with Gasteiger partial charge < -0.3 is 15.8 Å². The molecule has 0 aliphatic rings. The molecular weight excluding hydrogens is 206 g/mol. The molecule has 0 aromatic heterocycles. The van der Waals surface area contributed by atoms with Gasteiger partial charge in [-0.15, -0.1) is 0 Å². The van der Waals surface area contributed by atoms with Gasteiger partial charge >= 0.3 is 0 Å². The molecule has 0 unspecified atom stereocenters. The lowest BCUT2D eigenvalue weighted by atomic mass is 10.1. The summed E-state index contributed by atoms with van der Waals surface area (Å²) < 4.78 is 5.00. The van der Waals surface area contributed by atoms with Gasteiger partial charge in [-0.05, 0) is 18.2 Å².